The first-order valence-electron chi connectivity index (χ1n) is 3.18. The molecule has 0 aliphatic rings. The minimum absolute atomic E-state index is 0.969. The number of halogens is 1. The number of rotatable bonds is 2. The Morgan fingerprint density at radius 3 is 2.90 bits per heavy atom. The van der Waals surface area contributed by atoms with Crippen LogP contribution in [0.2, 0.25) is 0 Å². The monoisotopic (exact) mass is 244 g/mol. The second kappa shape index (κ2) is 3.76. The lowest BCUT2D eigenvalue weighted by molar-refractivity contribution is 1.27. The van der Waals surface area contributed by atoms with Crippen LogP contribution >= 0.6 is 22.6 Å². The molecule has 0 nitrogen and oxygen atoms in total. The minimum atomic E-state index is 0.969. The first-order chi connectivity index (χ1) is 4.83. The molecule has 0 fully saturated rings. The van der Waals surface area contributed by atoms with Crippen molar-refractivity contribution >= 4 is 22.6 Å². The van der Waals surface area contributed by atoms with Crippen LogP contribution in [0.25, 0.3) is 0 Å². The van der Waals surface area contributed by atoms with E-state index >= 15 is 0 Å². The van der Waals surface area contributed by atoms with Crippen LogP contribution in [-0.4, -0.2) is 0 Å². The first kappa shape index (κ1) is 7.79. The topological polar surface area (TPSA) is 0 Å². The molecule has 0 atom stereocenters. The Morgan fingerprint density at radius 2 is 2.30 bits per heavy atom. The van der Waals surface area contributed by atoms with Gasteiger partial charge in [-0.15, -0.1) is 6.58 Å². The van der Waals surface area contributed by atoms with E-state index in [1.54, 1.807) is 0 Å². The fraction of sp³-hybridized carbons (Fsp3) is 0.111. The van der Waals surface area contributed by atoms with Crippen molar-refractivity contribution in [3.05, 3.63) is 46.1 Å². The van der Waals surface area contributed by atoms with E-state index in [0.717, 1.165) is 6.42 Å². The molecule has 1 heteroatoms. The fourth-order valence-electron chi connectivity index (χ4n) is 0.831. The normalized spacial score (nSPS) is 9.30. The van der Waals surface area contributed by atoms with Crippen LogP contribution < -0.4 is 0 Å². The molecule has 0 aromatic heterocycles. The van der Waals surface area contributed by atoms with Gasteiger partial charge >= 0.3 is 0 Å². The van der Waals surface area contributed by atoms with Gasteiger partial charge in [0.05, 0.1) is 0 Å². The van der Waals surface area contributed by atoms with Crippen LogP contribution in [0, 0.1) is 3.57 Å². The quantitative estimate of drug-likeness (QED) is 0.554. The lowest BCUT2D eigenvalue weighted by Crippen LogP contribution is -1.79. The van der Waals surface area contributed by atoms with Gasteiger partial charge in [-0.05, 0) is 46.7 Å². The molecule has 0 saturated carbocycles. The summed E-state index contributed by atoms with van der Waals surface area (Å²) in [4.78, 5) is 0. The van der Waals surface area contributed by atoms with Crippen LogP contribution in [0.4, 0.5) is 0 Å². The predicted molar refractivity (Wildman–Crippen MR) is 53.1 cm³/mol. The summed E-state index contributed by atoms with van der Waals surface area (Å²) < 4.78 is 1.29. The van der Waals surface area contributed by atoms with Gasteiger partial charge in [0, 0.05) is 3.57 Å². The van der Waals surface area contributed by atoms with Crippen LogP contribution in [0.3, 0.4) is 0 Å². The van der Waals surface area contributed by atoms with Gasteiger partial charge in [-0.25, -0.2) is 0 Å². The number of hydrogen-bond acceptors (Lipinski definition) is 0. The van der Waals surface area contributed by atoms with Crippen molar-refractivity contribution in [3.63, 3.8) is 0 Å². The second-order valence-electron chi connectivity index (χ2n) is 2.12. The molecule has 0 amide bonds. The second-order valence-corrected chi connectivity index (χ2v) is 3.37. The summed E-state index contributed by atoms with van der Waals surface area (Å²) in [6, 6.07) is 8.44. The molecular weight excluding hydrogens is 235 g/mol. The van der Waals surface area contributed by atoms with Crippen molar-refractivity contribution in [1.29, 1.82) is 0 Å². The third-order valence-corrected chi connectivity index (χ3v) is 1.94. The van der Waals surface area contributed by atoms with Gasteiger partial charge in [-0.3, -0.25) is 0 Å². The zero-order valence-electron chi connectivity index (χ0n) is 5.68. The molecular formula is C9H9I. The summed E-state index contributed by atoms with van der Waals surface area (Å²) in [5.74, 6) is 0. The predicted octanol–water partition coefficient (Wildman–Crippen LogP) is 3.02. The lowest BCUT2D eigenvalue weighted by atomic mass is 10.2. The molecule has 0 heterocycles. The van der Waals surface area contributed by atoms with E-state index in [1.807, 2.05) is 6.08 Å². The van der Waals surface area contributed by atoms with Gasteiger partial charge in [0.15, 0.2) is 0 Å². The summed E-state index contributed by atoms with van der Waals surface area (Å²) in [7, 11) is 0. The third kappa shape index (κ3) is 2.14. The zero-order valence-corrected chi connectivity index (χ0v) is 7.84. The van der Waals surface area contributed by atoms with Crippen molar-refractivity contribution in [3.8, 4) is 0 Å². The molecule has 0 N–H and O–H groups in total. The highest BCUT2D eigenvalue weighted by Gasteiger charge is 1.88. The lowest BCUT2D eigenvalue weighted by Gasteiger charge is -1.95. The maximum Gasteiger partial charge on any atom is 0.0133 e. The summed E-state index contributed by atoms with van der Waals surface area (Å²) in [5, 5.41) is 0. The first-order valence-corrected chi connectivity index (χ1v) is 4.26. The van der Waals surface area contributed by atoms with Crippen LogP contribution in [-0.2, 0) is 6.42 Å². The Bertz CT molecular complexity index is 228. The molecule has 0 radical (unpaired) electrons. The Kier molecular flexibility index (Phi) is 2.93. The fourth-order valence-corrected chi connectivity index (χ4v) is 1.44. The molecule has 1 aromatic rings. The smallest absolute Gasteiger partial charge is 0.0133 e. The maximum atomic E-state index is 3.68. The van der Waals surface area contributed by atoms with Crippen molar-refractivity contribution in [2.75, 3.05) is 0 Å². The van der Waals surface area contributed by atoms with E-state index in [0.29, 0.717) is 0 Å². The van der Waals surface area contributed by atoms with Crippen LogP contribution in [0.5, 0.6) is 0 Å². The Hall–Kier alpha value is -0.310. The highest BCUT2D eigenvalue weighted by molar-refractivity contribution is 14.1. The highest BCUT2D eigenvalue weighted by Crippen LogP contribution is 2.07. The van der Waals surface area contributed by atoms with Gasteiger partial charge in [0.1, 0.15) is 0 Å². The van der Waals surface area contributed by atoms with Crippen LogP contribution in [0.1, 0.15) is 5.56 Å². The van der Waals surface area contributed by atoms with Crippen LogP contribution in [0.15, 0.2) is 36.9 Å². The summed E-state index contributed by atoms with van der Waals surface area (Å²) >= 11 is 2.31. The zero-order chi connectivity index (χ0) is 7.40. The molecule has 0 bridgehead atoms. The van der Waals surface area contributed by atoms with Crippen molar-refractivity contribution < 1.29 is 0 Å². The van der Waals surface area contributed by atoms with E-state index in [2.05, 4.69) is 53.4 Å². The van der Waals surface area contributed by atoms with E-state index < -0.39 is 0 Å². The molecule has 10 heavy (non-hydrogen) atoms. The van der Waals surface area contributed by atoms with E-state index in [9.17, 15) is 0 Å². The van der Waals surface area contributed by atoms with Gasteiger partial charge < -0.3 is 0 Å². The van der Waals surface area contributed by atoms with Gasteiger partial charge in [0.2, 0.25) is 0 Å². The SMILES string of the molecule is C=CCc1cccc(I)c1. The standard InChI is InChI=1S/C9H9I/c1-2-4-8-5-3-6-9(10)7-8/h2-3,5-7H,1,4H2. The Labute approximate surface area is 75.1 Å². The highest BCUT2D eigenvalue weighted by atomic mass is 127. The molecule has 0 saturated heterocycles. The summed E-state index contributed by atoms with van der Waals surface area (Å²) in [5.41, 5.74) is 1.34. The van der Waals surface area contributed by atoms with Gasteiger partial charge in [-0.2, -0.15) is 0 Å². The van der Waals surface area contributed by atoms with Gasteiger partial charge in [-0.1, -0.05) is 18.2 Å². The summed E-state index contributed by atoms with van der Waals surface area (Å²) in [6.45, 7) is 3.68. The largest absolute Gasteiger partial charge is 0.103 e. The Balaban J connectivity index is 2.84. The maximum absolute atomic E-state index is 3.68. The Morgan fingerprint density at radius 1 is 1.50 bits per heavy atom. The molecule has 52 valence electrons. The number of benzene rings is 1. The average molecular weight is 244 g/mol. The van der Waals surface area contributed by atoms with Gasteiger partial charge in [0.25, 0.3) is 0 Å². The van der Waals surface area contributed by atoms with E-state index in [4.69, 9.17) is 0 Å². The average Bonchev–Trinajstić information content (AvgIpc) is 1.88. The minimum Gasteiger partial charge on any atom is -0.103 e. The molecule has 0 aliphatic heterocycles. The van der Waals surface area contributed by atoms with Crippen molar-refractivity contribution in [2.24, 2.45) is 0 Å². The molecule has 1 rings (SSSR count). The molecule has 0 aliphatic carbocycles. The molecule has 1 aromatic carbocycles. The number of hydrogen-bond donors (Lipinski definition) is 0. The van der Waals surface area contributed by atoms with Crippen molar-refractivity contribution in [2.45, 2.75) is 6.42 Å². The summed E-state index contributed by atoms with van der Waals surface area (Å²) in [6.07, 6.45) is 2.89. The third-order valence-electron chi connectivity index (χ3n) is 1.27. The number of allylic oxidation sites excluding steroid dienone is 1. The molecule has 0 unspecified atom stereocenters. The molecule has 0 spiro atoms. The van der Waals surface area contributed by atoms with Crippen molar-refractivity contribution in [1.82, 2.24) is 0 Å². The van der Waals surface area contributed by atoms with E-state index in [-0.39, 0.29) is 0 Å². The van der Waals surface area contributed by atoms with E-state index in [1.165, 1.54) is 9.13 Å².